The third kappa shape index (κ3) is 3.86. The molecule has 2 amide bonds. The van der Waals surface area contributed by atoms with E-state index in [4.69, 9.17) is 4.74 Å². The van der Waals surface area contributed by atoms with Crippen LogP contribution in [0.5, 0.6) is 0 Å². The molecule has 0 radical (unpaired) electrons. The van der Waals surface area contributed by atoms with E-state index in [1.807, 2.05) is 48.5 Å². The number of hydrogen-bond acceptors (Lipinski definition) is 3. The number of para-hydroxylation sites is 1. The van der Waals surface area contributed by atoms with Gasteiger partial charge in [-0.1, -0.05) is 60.7 Å². The van der Waals surface area contributed by atoms with E-state index in [1.54, 1.807) is 17.0 Å². The molecule has 2 aliphatic heterocycles. The Kier molecular flexibility index (Phi) is 5.83. The summed E-state index contributed by atoms with van der Waals surface area (Å²) in [6.45, 7) is 0.584. The SMILES string of the molecule is O=C([N-]c1ccccc1)[C@@H]1CCCN1C(=O)[C@@H]1O[C@H]1c1ccccc1.[Li+]. The van der Waals surface area contributed by atoms with Crippen LogP contribution in [0.1, 0.15) is 24.5 Å². The second-order valence-electron chi connectivity index (χ2n) is 6.36. The summed E-state index contributed by atoms with van der Waals surface area (Å²) in [5.41, 5.74) is 1.62. The van der Waals surface area contributed by atoms with E-state index in [0.717, 1.165) is 12.0 Å². The van der Waals surface area contributed by atoms with Crippen molar-refractivity contribution in [2.24, 2.45) is 0 Å². The predicted octanol–water partition coefficient (Wildman–Crippen LogP) is 0.353. The number of ether oxygens (including phenoxy) is 1. The summed E-state index contributed by atoms with van der Waals surface area (Å²) in [4.78, 5) is 26.9. The Morgan fingerprint density at radius 1 is 1.00 bits per heavy atom. The third-order valence-electron chi connectivity index (χ3n) is 4.68. The Bertz CT molecular complexity index is 769. The number of carbonyl (C=O) groups is 2. The molecule has 5 nitrogen and oxygen atoms in total. The van der Waals surface area contributed by atoms with Gasteiger partial charge in [0.1, 0.15) is 6.10 Å². The van der Waals surface area contributed by atoms with E-state index in [1.165, 1.54) is 0 Å². The Morgan fingerprint density at radius 3 is 2.35 bits per heavy atom. The number of epoxide rings is 1. The number of rotatable bonds is 4. The molecule has 0 spiro atoms. The minimum atomic E-state index is -0.479. The van der Waals surface area contributed by atoms with Crippen LogP contribution in [0, 0.1) is 0 Å². The van der Waals surface area contributed by atoms with Crippen molar-refractivity contribution < 1.29 is 33.2 Å². The monoisotopic (exact) mass is 342 g/mol. The van der Waals surface area contributed by atoms with Gasteiger partial charge in [0.05, 0.1) is 11.9 Å². The molecular formula is C20H19LiN2O3. The standard InChI is InChI=1S/C20H20N2O3.Li/c23-19(21-15-10-5-2-6-11-15)16-12-7-13-22(16)20(24)18-17(25-18)14-8-3-1-4-9-14;/h1-6,8-11,16-18H,7,12-13H2,(H,21,23);/q;+1/p-1/t16-,17-,18+;/m0./s1. The van der Waals surface area contributed by atoms with Crippen molar-refractivity contribution in [2.45, 2.75) is 31.1 Å². The first-order chi connectivity index (χ1) is 12.2. The predicted molar refractivity (Wildman–Crippen MR) is 93.3 cm³/mol. The van der Waals surface area contributed by atoms with Crippen LogP contribution in [-0.4, -0.2) is 35.4 Å². The first-order valence-corrected chi connectivity index (χ1v) is 8.55. The van der Waals surface area contributed by atoms with Crippen LogP contribution in [0.3, 0.4) is 0 Å². The molecule has 0 N–H and O–H groups in total. The summed E-state index contributed by atoms with van der Waals surface area (Å²) in [5.74, 6) is -0.359. The molecule has 0 unspecified atom stereocenters. The van der Waals surface area contributed by atoms with E-state index in [2.05, 4.69) is 5.32 Å². The first-order valence-electron chi connectivity index (χ1n) is 8.55. The molecule has 4 rings (SSSR count). The zero-order chi connectivity index (χ0) is 17.2. The molecule has 128 valence electrons. The van der Waals surface area contributed by atoms with Crippen molar-refractivity contribution in [2.75, 3.05) is 6.54 Å². The molecule has 2 saturated heterocycles. The van der Waals surface area contributed by atoms with E-state index in [-0.39, 0.29) is 36.8 Å². The van der Waals surface area contributed by atoms with Gasteiger partial charge in [0.25, 0.3) is 5.91 Å². The van der Waals surface area contributed by atoms with Crippen LogP contribution in [0.25, 0.3) is 5.32 Å². The average Bonchev–Trinajstić information content (AvgIpc) is 3.30. The van der Waals surface area contributed by atoms with Gasteiger partial charge in [0.15, 0.2) is 6.10 Å². The molecular weight excluding hydrogens is 323 g/mol. The van der Waals surface area contributed by atoms with Gasteiger partial charge in [-0.2, -0.15) is 0 Å². The smallest absolute Gasteiger partial charge is 0.625 e. The average molecular weight is 342 g/mol. The Labute approximate surface area is 164 Å². The number of nitrogens with zero attached hydrogens (tertiary/aromatic N) is 2. The maximum atomic E-state index is 12.8. The number of amides is 2. The van der Waals surface area contributed by atoms with Crippen molar-refractivity contribution in [1.82, 2.24) is 4.90 Å². The summed E-state index contributed by atoms with van der Waals surface area (Å²) in [6.07, 6.45) is 0.794. The Morgan fingerprint density at radius 2 is 1.65 bits per heavy atom. The van der Waals surface area contributed by atoms with E-state index >= 15 is 0 Å². The minimum Gasteiger partial charge on any atom is -0.625 e. The number of benzene rings is 2. The van der Waals surface area contributed by atoms with Gasteiger partial charge in [-0.3, -0.25) is 4.79 Å². The Balaban J connectivity index is 0.00000196. The molecule has 2 aliphatic rings. The van der Waals surface area contributed by atoms with Crippen LogP contribution >= 0.6 is 0 Å². The normalized spacial score (nSPS) is 23.8. The summed E-state index contributed by atoms with van der Waals surface area (Å²) >= 11 is 0. The van der Waals surface area contributed by atoms with Crippen molar-refractivity contribution >= 4 is 17.5 Å². The largest absolute Gasteiger partial charge is 1.00 e. The van der Waals surface area contributed by atoms with Crippen molar-refractivity contribution in [3.8, 4) is 0 Å². The zero-order valence-electron chi connectivity index (χ0n) is 14.7. The van der Waals surface area contributed by atoms with Crippen LogP contribution in [-0.2, 0) is 14.3 Å². The molecule has 6 heteroatoms. The molecule has 2 heterocycles. The number of hydrogen-bond donors (Lipinski definition) is 0. The van der Waals surface area contributed by atoms with Crippen LogP contribution < -0.4 is 18.9 Å². The number of carbonyl (C=O) groups excluding carboxylic acids is 2. The Hall–Kier alpha value is -2.06. The molecule has 26 heavy (non-hydrogen) atoms. The molecule has 2 aromatic carbocycles. The van der Waals surface area contributed by atoms with Gasteiger partial charge in [-0.15, -0.1) is 5.69 Å². The van der Waals surface area contributed by atoms with Crippen LogP contribution in [0.2, 0.25) is 0 Å². The van der Waals surface area contributed by atoms with Gasteiger partial charge in [-0.25, -0.2) is 0 Å². The maximum Gasteiger partial charge on any atom is 1.00 e. The molecule has 0 aromatic heterocycles. The topological polar surface area (TPSA) is 64.0 Å². The van der Waals surface area contributed by atoms with Gasteiger partial charge in [0, 0.05) is 6.54 Å². The van der Waals surface area contributed by atoms with Crippen molar-refractivity contribution in [1.29, 1.82) is 0 Å². The molecule has 0 saturated carbocycles. The molecule has 0 bridgehead atoms. The van der Waals surface area contributed by atoms with Crippen LogP contribution in [0.4, 0.5) is 5.69 Å². The quantitative estimate of drug-likeness (QED) is 0.595. The fourth-order valence-electron chi connectivity index (χ4n) is 3.35. The van der Waals surface area contributed by atoms with Gasteiger partial charge in [0.2, 0.25) is 0 Å². The summed E-state index contributed by atoms with van der Waals surface area (Å²) in [5, 5.41) is 4.16. The van der Waals surface area contributed by atoms with E-state index in [9.17, 15) is 9.59 Å². The van der Waals surface area contributed by atoms with Crippen molar-refractivity contribution in [3.63, 3.8) is 0 Å². The second-order valence-corrected chi connectivity index (χ2v) is 6.36. The third-order valence-corrected chi connectivity index (χ3v) is 4.68. The first kappa shape index (κ1) is 18.7. The van der Waals surface area contributed by atoms with Gasteiger partial charge >= 0.3 is 18.9 Å². The molecule has 0 aliphatic carbocycles. The van der Waals surface area contributed by atoms with E-state index in [0.29, 0.717) is 18.7 Å². The summed E-state index contributed by atoms with van der Waals surface area (Å²) in [6, 6.07) is 18.4. The summed E-state index contributed by atoms with van der Waals surface area (Å²) in [7, 11) is 0. The second kappa shape index (κ2) is 8.09. The fraction of sp³-hybridized carbons (Fsp3) is 0.300. The van der Waals surface area contributed by atoms with Crippen molar-refractivity contribution in [3.05, 3.63) is 71.5 Å². The maximum absolute atomic E-state index is 12.8. The molecule has 3 atom stereocenters. The minimum absolute atomic E-state index is 0. The van der Waals surface area contributed by atoms with E-state index < -0.39 is 12.1 Å². The fourth-order valence-corrected chi connectivity index (χ4v) is 3.35. The van der Waals surface area contributed by atoms with Gasteiger partial charge in [-0.05, 0) is 18.4 Å². The van der Waals surface area contributed by atoms with Gasteiger partial charge < -0.3 is 19.7 Å². The summed E-state index contributed by atoms with van der Waals surface area (Å²) < 4.78 is 5.59. The molecule has 2 aromatic rings. The van der Waals surface area contributed by atoms with Crippen LogP contribution in [0.15, 0.2) is 60.7 Å². The zero-order valence-corrected chi connectivity index (χ0v) is 14.7. The number of likely N-dealkylation sites (tertiary alicyclic amines) is 1. The molecule has 2 fully saturated rings.